The summed E-state index contributed by atoms with van der Waals surface area (Å²) >= 11 is -4.41. The maximum atomic E-state index is 2.86. The third kappa shape index (κ3) is 5.83. The molecule has 0 aromatic heterocycles. The molecule has 2 atom stereocenters. The van der Waals surface area contributed by atoms with Gasteiger partial charge in [-0.25, -0.2) is 0 Å². The van der Waals surface area contributed by atoms with Crippen molar-refractivity contribution in [3.8, 4) is 22.3 Å². The third-order valence-electron chi connectivity index (χ3n) is 12.5. The normalized spacial score (nSPS) is 16.4. The van der Waals surface area contributed by atoms with Crippen LogP contribution in [0.25, 0.3) is 34.4 Å². The summed E-state index contributed by atoms with van der Waals surface area (Å²) < 4.78 is 6.50. The number of rotatable bonds is 8. The predicted molar refractivity (Wildman–Crippen MR) is 225 cm³/mol. The molecule has 258 valence electrons. The van der Waals surface area contributed by atoms with Crippen LogP contribution < -0.4 is 10.4 Å². The zero-order chi connectivity index (χ0) is 36.1. The van der Waals surface area contributed by atoms with Gasteiger partial charge in [-0.05, 0) is 0 Å². The second kappa shape index (κ2) is 13.7. The molecular weight excluding hydrogens is 807 g/mol. The van der Waals surface area contributed by atoms with Crippen molar-refractivity contribution in [2.45, 2.75) is 56.2 Å². The van der Waals surface area contributed by atoms with Gasteiger partial charge >= 0.3 is 315 Å². The van der Waals surface area contributed by atoms with Crippen molar-refractivity contribution >= 4 is 28.0 Å². The number of benzene rings is 6. The topological polar surface area (TPSA) is 0 Å². The number of hydrogen-bond acceptors (Lipinski definition) is 0. The Labute approximate surface area is 312 Å². The Morgan fingerprint density at radius 3 is 1.19 bits per heavy atom. The minimum atomic E-state index is -4.41. The Morgan fingerprint density at radius 2 is 0.827 bits per heavy atom. The Morgan fingerprint density at radius 1 is 0.442 bits per heavy atom. The molecule has 6 aromatic rings. The van der Waals surface area contributed by atoms with E-state index in [-0.39, 0.29) is 0 Å². The van der Waals surface area contributed by atoms with Crippen LogP contribution in [-0.2, 0) is 17.1 Å². The van der Waals surface area contributed by atoms with Crippen LogP contribution in [0.2, 0.25) is 9.36 Å². The van der Waals surface area contributed by atoms with Crippen molar-refractivity contribution < 1.29 is 17.1 Å². The van der Waals surface area contributed by atoms with Crippen molar-refractivity contribution in [1.82, 2.24) is 0 Å². The molecule has 0 N–H and O–H groups in total. The summed E-state index contributed by atoms with van der Waals surface area (Å²) in [6, 6.07) is 56.2. The van der Waals surface area contributed by atoms with E-state index in [1.807, 2.05) is 0 Å². The first-order valence-corrected chi connectivity index (χ1v) is 37.4. The second-order valence-electron chi connectivity index (χ2n) is 16.6. The summed E-state index contributed by atoms with van der Waals surface area (Å²) in [5.41, 5.74) is 12.8. The molecule has 0 radical (unpaired) electrons. The maximum absolute atomic E-state index is 4.41. The van der Waals surface area contributed by atoms with Gasteiger partial charge in [0.2, 0.25) is 0 Å². The van der Waals surface area contributed by atoms with E-state index in [0.717, 1.165) is 0 Å². The van der Waals surface area contributed by atoms with Crippen molar-refractivity contribution in [3.63, 3.8) is 0 Å². The van der Waals surface area contributed by atoms with Gasteiger partial charge in [-0.2, -0.15) is 0 Å². The Hall–Kier alpha value is -4.11. The van der Waals surface area contributed by atoms with Gasteiger partial charge in [0, 0.05) is 0 Å². The van der Waals surface area contributed by atoms with Gasteiger partial charge in [0.25, 0.3) is 0 Å². The number of fused-ring (bicyclic) bond motifs is 2. The van der Waals surface area contributed by atoms with E-state index in [4.69, 9.17) is 0 Å². The van der Waals surface area contributed by atoms with Crippen LogP contribution in [-0.4, -0.2) is 5.49 Å². The van der Waals surface area contributed by atoms with Gasteiger partial charge in [-0.3, -0.25) is 0 Å². The number of allylic oxidation sites excluding steroid dienone is 2. The van der Waals surface area contributed by atoms with E-state index in [0.29, 0.717) is 19.2 Å². The van der Waals surface area contributed by atoms with Crippen LogP contribution in [0.3, 0.4) is 0 Å². The third-order valence-corrected chi connectivity index (χ3v) is 61.5. The van der Waals surface area contributed by atoms with Gasteiger partial charge in [-0.1, -0.05) is 0 Å². The predicted octanol–water partition coefficient (Wildman–Crippen LogP) is 12.7. The first-order valence-electron chi connectivity index (χ1n) is 19.2. The summed E-state index contributed by atoms with van der Waals surface area (Å²) in [5, 5.41) is 3.09. The van der Waals surface area contributed by atoms with E-state index in [2.05, 4.69) is 207 Å². The molecule has 2 unspecified atom stereocenters. The zero-order valence-electron chi connectivity index (χ0n) is 31.5. The number of hydrogen-bond donors (Lipinski definition) is 0. The molecule has 0 heterocycles. The Balaban J connectivity index is 1.39. The van der Waals surface area contributed by atoms with Crippen LogP contribution in [0.5, 0.6) is 0 Å². The molecule has 0 saturated heterocycles. The average molecular weight is 858 g/mol. The molecule has 6 aromatic carbocycles. The second-order valence-corrected chi connectivity index (χ2v) is 60.0. The van der Waals surface area contributed by atoms with Gasteiger partial charge in [0.05, 0.1) is 0 Å². The van der Waals surface area contributed by atoms with Gasteiger partial charge in [-0.15, -0.1) is 0 Å². The fraction of sp³-hybridized carbons (Fsp3) is 0.200. The zero-order valence-corrected chi connectivity index (χ0v) is 36.1. The molecule has 0 bridgehead atoms. The molecule has 2 aliphatic rings. The van der Waals surface area contributed by atoms with E-state index in [1.165, 1.54) is 55.6 Å². The summed E-state index contributed by atoms with van der Waals surface area (Å²) in [5.74, 6) is 1.04. The molecule has 0 saturated carbocycles. The first-order chi connectivity index (χ1) is 25.1. The van der Waals surface area contributed by atoms with E-state index < -0.39 is 22.6 Å². The molecule has 0 aliphatic heterocycles. The SMILES string of the molecule is CC(C)c1ccc(-c2cccc3c2C=C[CH]3[Hf]([CH3])([CH3])([CH]2C=Cc3c(-c4ccc(C(C)C)cc4)cccc32)=[Si](c2ccccc2)c2ccccc2)cc1. The van der Waals surface area contributed by atoms with Crippen LogP contribution in [0.1, 0.15) is 80.3 Å². The molecule has 52 heavy (non-hydrogen) atoms. The van der Waals surface area contributed by atoms with Gasteiger partial charge < -0.3 is 0 Å². The van der Waals surface area contributed by atoms with E-state index >= 15 is 0 Å². The van der Waals surface area contributed by atoms with Crippen molar-refractivity contribution in [2.75, 3.05) is 0 Å². The van der Waals surface area contributed by atoms with Crippen LogP contribution in [0.15, 0.2) is 158 Å². The summed E-state index contributed by atoms with van der Waals surface area (Å²) in [4.78, 5) is 0. The van der Waals surface area contributed by atoms with Crippen LogP contribution >= 0.6 is 0 Å². The Kier molecular flexibility index (Phi) is 9.21. The van der Waals surface area contributed by atoms with Crippen molar-refractivity contribution in [1.29, 1.82) is 0 Å². The van der Waals surface area contributed by atoms with Gasteiger partial charge in [0.1, 0.15) is 0 Å². The molecule has 0 amide bonds. The quantitative estimate of drug-likeness (QED) is 0.134. The molecule has 2 heteroatoms. The Bertz CT molecular complexity index is 2220. The molecule has 8 rings (SSSR count). The molecule has 0 fully saturated rings. The van der Waals surface area contributed by atoms with Gasteiger partial charge in [0.15, 0.2) is 0 Å². The first kappa shape index (κ1) is 34.9. The molecule has 2 aliphatic carbocycles. The van der Waals surface area contributed by atoms with Crippen LogP contribution in [0.4, 0.5) is 0 Å². The fourth-order valence-corrected chi connectivity index (χ4v) is 62.5. The monoisotopic (exact) mass is 858 g/mol. The van der Waals surface area contributed by atoms with Crippen LogP contribution in [0, 0.1) is 0 Å². The summed E-state index contributed by atoms with van der Waals surface area (Å²) in [6.07, 6.45) is 10.3. The molecule has 0 nitrogen and oxygen atoms in total. The fourth-order valence-electron chi connectivity index (χ4n) is 9.61. The summed E-state index contributed by atoms with van der Waals surface area (Å²) in [6.45, 7) is 9.10. The van der Waals surface area contributed by atoms with E-state index in [1.54, 1.807) is 10.4 Å². The minimum absolute atomic E-state index is 0.394. The molecular formula is C50H50HfSi. The molecule has 0 spiro atoms. The summed E-state index contributed by atoms with van der Waals surface area (Å²) in [7, 11) is 0. The van der Waals surface area contributed by atoms with Crippen molar-refractivity contribution in [2.24, 2.45) is 0 Å². The average Bonchev–Trinajstić information content (AvgIpc) is 3.83. The standard InChI is InChI=1S/2C18H17.C12H10Si.2CH3.Hf/c2*1-13(2)14-9-11-16(12-10-14)18-8-4-6-15-5-3-7-17(15)18;1-3-7-11(8-4-1)13-12-9-5-2-6-10-12;;;/h2*3-13H,1-2H3;1-10H;2*1H3;. The van der Waals surface area contributed by atoms with Crippen molar-refractivity contribution in [3.05, 3.63) is 191 Å². The van der Waals surface area contributed by atoms with E-state index in [9.17, 15) is 0 Å².